The van der Waals surface area contributed by atoms with Crippen molar-refractivity contribution in [3.63, 3.8) is 0 Å². The number of ether oxygens (including phenoxy) is 3. The van der Waals surface area contributed by atoms with Gasteiger partial charge in [-0.25, -0.2) is 0 Å². The van der Waals surface area contributed by atoms with Crippen LogP contribution in [0.5, 0.6) is 11.5 Å². The molecule has 1 saturated heterocycles. The third-order valence-corrected chi connectivity index (χ3v) is 5.56. The van der Waals surface area contributed by atoms with Crippen LogP contribution in [-0.4, -0.2) is 49.1 Å². The Balaban J connectivity index is 1.13. The Morgan fingerprint density at radius 2 is 1.79 bits per heavy atom. The topological polar surface area (TPSA) is 51.2 Å². The fourth-order valence-corrected chi connectivity index (χ4v) is 4.01. The van der Waals surface area contributed by atoms with Gasteiger partial charge in [0.25, 0.3) is 0 Å². The lowest BCUT2D eigenvalue weighted by Crippen LogP contribution is -2.40. The summed E-state index contributed by atoms with van der Waals surface area (Å²) in [6.07, 6.45) is 3.09. The van der Waals surface area contributed by atoms with Crippen molar-refractivity contribution in [2.75, 3.05) is 33.0 Å². The molecule has 28 heavy (non-hydrogen) atoms. The SMILES string of the molecule is OC(COCc1ccc2c(c1)OCO2)CN1CCC(Cc2ccccc2)CC1. The van der Waals surface area contributed by atoms with E-state index >= 15 is 0 Å². The zero-order valence-electron chi connectivity index (χ0n) is 16.3. The van der Waals surface area contributed by atoms with E-state index in [1.807, 2.05) is 18.2 Å². The molecule has 5 heteroatoms. The van der Waals surface area contributed by atoms with Crippen molar-refractivity contribution in [2.24, 2.45) is 5.92 Å². The highest BCUT2D eigenvalue weighted by atomic mass is 16.7. The first-order valence-electron chi connectivity index (χ1n) is 10.2. The summed E-state index contributed by atoms with van der Waals surface area (Å²) in [6.45, 7) is 3.87. The number of rotatable bonds is 8. The Bertz CT molecular complexity index is 744. The summed E-state index contributed by atoms with van der Waals surface area (Å²) in [5.74, 6) is 2.29. The lowest BCUT2D eigenvalue weighted by atomic mass is 9.90. The Hall–Kier alpha value is -2.08. The molecule has 1 unspecified atom stereocenters. The van der Waals surface area contributed by atoms with Crippen molar-refractivity contribution >= 4 is 0 Å². The smallest absolute Gasteiger partial charge is 0.231 e. The molecule has 0 radical (unpaired) electrons. The molecule has 2 aromatic carbocycles. The number of fused-ring (bicyclic) bond motifs is 1. The average Bonchev–Trinajstić information content (AvgIpc) is 3.18. The Kier molecular flexibility index (Phi) is 6.47. The molecule has 2 aliphatic rings. The number of aliphatic hydroxyl groups is 1. The number of benzene rings is 2. The fourth-order valence-electron chi connectivity index (χ4n) is 4.01. The maximum atomic E-state index is 10.3. The second kappa shape index (κ2) is 9.41. The Morgan fingerprint density at radius 3 is 2.61 bits per heavy atom. The first-order chi connectivity index (χ1) is 13.8. The predicted molar refractivity (Wildman–Crippen MR) is 108 cm³/mol. The third-order valence-electron chi connectivity index (χ3n) is 5.56. The molecular formula is C23H29NO4. The van der Waals surface area contributed by atoms with Crippen LogP contribution in [0, 0.1) is 5.92 Å². The van der Waals surface area contributed by atoms with Crippen molar-refractivity contribution in [1.82, 2.24) is 4.90 Å². The molecule has 5 nitrogen and oxygen atoms in total. The molecule has 2 aromatic rings. The van der Waals surface area contributed by atoms with Gasteiger partial charge in [0.05, 0.1) is 19.3 Å². The van der Waals surface area contributed by atoms with Crippen molar-refractivity contribution in [1.29, 1.82) is 0 Å². The molecule has 150 valence electrons. The van der Waals surface area contributed by atoms with Crippen molar-refractivity contribution < 1.29 is 19.3 Å². The van der Waals surface area contributed by atoms with Crippen LogP contribution >= 0.6 is 0 Å². The molecule has 1 N–H and O–H groups in total. The van der Waals surface area contributed by atoms with Gasteiger partial charge in [-0.05, 0) is 61.5 Å². The summed E-state index contributed by atoms with van der Waals surface area (Å²) in [5, 5.41) is 10.3. The first kappa shape index (κ1) is 19.2. The maximum absolute atomic E-state index is 10.3. The molecule has 0 aliphatic carbocycles. The molecule has 0 amide bonds. The second-order valence-electron chi connectivity index (χ2n) is 7.79. The molecule has 1 atom stereocenters. The Labute approximate surface area is 166 Å². The largest absolute Gasteiger partial charge is 0.454 e. The highest BCUT2D eigenvalue weighted by Gasteiger charge is 2.21. The van der Waals surface area contributed by atoms with Gasteiger partial charge in [0, 0.05) is 6.54 Å². The number of hydrogen-bond donors (Lipinski definition) is 1. The van der Waals surface area contributed by atoms with E-state index in [0.29, 0.717) is 19.8 Å². The van der Waals surface area contributed by atoms with Gasteiger partial charge in [-0.1, -0.05) is 36.4 Å². The summed E-state index contributed by atoms with van der Waals surface area (Å²) in [4.78, 5) is 2.36. The molecular weight excluding hydrogens is 354 g/mol. The van der Waals surface area contributed by atoms with Gasteiger partial charge in [0.1, 0.15) is 0 Å². The van der Waals surface area contributed by atoms with E-state index in [4.69, 9.17) is 14.2 Å². The standard InChI is InChI=1S/C23H29NO4/c25-21(16-26-15-20-6-7-22-23(13-20)28-17-27-22)14-24-10-8-19(9-11-24)12-18-4-2-1-3-5-18/h1-7,13,19,21,25H,8-12,14-17H2. The zero-order valence-corrected chi connectivity index (χ0v) is 16.3. The second-order valence-corrected chi connectivity index (χ2v) is 7.79. The number of likely N-dealkylation sites (tertiary alicyclic amines) is 1. The summed E-state index contributed by atoms with van der Waals surface area (Å²) in [7, 11) is 0. The molecule has 0 bridgehead atoms. The Morgan fingerprint density at radius 1 is 1.00 bits per heavy atom. The van der Waals surface area contributed by atoms with Gasteiger partial charge >= 0.3 is 0 Å². The molecule has 2 aliphatic heterocycles. The van der Waals surface area contributed by atoms with Gasteiger partial charge < -0.3 is 24.2 Å². The first-order valence-corrected chi connectivity index (χ1v) is 10.2. The molecule has 1 fully saturated rings. The van der Waals surface area contributed by atoms with Gasteiger partial charge in [-0.3, -0.25) is 0 Å². The van der Waals surface area contributed by atoms with Crippen molar-refractivity contribution in [2.45, 2.75) is 32.0 Å². The van der Waals surface area contributed by atoms with Crippen LogP contribution in [0.1, 0.15) is 24.0 Å². The van der Waals surface area contributed by atoms with Crippen molar-refractivity contribution in [3.8, 4) is 11.5 Å². The maximum Gasteiger partial charge on any atom is 0.231 e. The van der Waals surface area contributed by atoms with E-state index in [2.05, 4.69) is 35.2 Å². The van der Waals surface area contributed by atoms with Crippen LogP contribution in [0.15, 0.2) is 48.5 Å². The average molecular weight is 383 g/mol. The zero-order chi connectivity index (χ0) is 19.2. The highest BCUT2D eigenvalue weighted by Crippen LogP contribution is 2.32. The quantitative estimate of drug-likeness (QED) is 0.758. The number of hydrogen-bond acceptors (Lipinski definition) is 5. The van der Waals surface area contributed by atoms with Crippen LogP contribution in [0.25, 0.3) is 0 Å². The van der Waals surface area contributed by atoms with Gasteiger partial charge in [0.2, 0.25) is 6.79 Å². The summed E-state index contributed by atoms with van der Waals surface area (Å²) < 4.78 is 16.4. The fraction of sp³-hybridized carbons (Fsp3) is 0.478. The lowest BCUT2D eigenvalue weighted by molar-refractivity contribution is 0.00448. The van der Waals surface area contributed by atoms with Gasteiger partial charge in [-0.2, -0.15) is 0 Å². The summed E-state index contributed by atoms with van der Waals surface area (Å²) >= 11 is 0. The monoisotopic (exact) mass is 383 g/mol. The number of β-amino-alcohol motifs (C(OH)–C–C–N with tert-alkyl or cyclic N) is 1. The van der Waals surface area contributed by atoms with E-state index in [1.54, 1.807) is 0 Å². The highest BCUT2D eigenvalue weighted by molar-refractivity contribution is 5.44. The van der Waals surface area contributed by atoms with E-state index in [0.717, 1.165) is 42.5 Å². The molecule has 2 heterocycles. The summed E-state index contributed by atoms with van der Waals surface area (Å²) in [6, 6.07) is 16.5. The van der Waals surface area contributed by atoms with Crippen LogP contribution in [-0.2, 0) is 17.8 Å². The lowest BCUT2D eigenvalue weighted by Gasteiger charge is -2.33. The van der Waals surface area contributed by atoms with Crippen LogP contribution in [0.2, 0.25) is 0 Å². The van der Waals surface area contributed by atoms with Gasteiger partial charge in [-0.15, -0.1) is 0 Å². The third kappa shape index (κ3) is 5.25. The molecule has 0 spiro atoms. The molecule has 0 aromatic heterocycles. The summed E-state index contributed by atoms with van der Waals surface area (Å²) in [5.41, 5.74) is 2.45. The van der Waals surface area contributed by atoms with Crippen LogP contribution < -0.4 is 9.47 Å². The normalized spacial score (nSPS) is 18.3. The number of piperidine rings is 1. The minimum absolute atomic E-state index is 0.278. The van der Waals surface area contributed by atoms with Crippen LogP contribution in [0.3, 0.4) is 0 Å². The molecule has 0 saturated carbocycles. The predicted octanol–water partition coefficient (Wildman–Crippen LogP) is 3.25. The minimum Gasteiger partial charge on any atom is -0.454 e. The number of nitrogens with zero attached hydrogens (tertiary/aromatic N) is 1. The van der Waals surface area contributed by atoms with E-state index in [-0.39, 0.29) is 6.79 Å². The number of aliphatic hydroxyl groups excluding tert-OH is 1. The van der Waals surface area contributed by atoms with E-state index < -0.39 is 6.10 Å². The molecule has 4 rings (SSSR count). The van der Waals surface area contributed by atoms with Crippen molar-refractivity contribution in [3.05, 3.63) is 59.7 Å². The van der Waals surface area contributed by atoms with E-state index in [9.17, 15) is 5.11 Å². The van der Waals surface area contributed by atoms with Gasteiger partial charge in [0.15, 0.2) is 11.5 Å². The van der Waals surface area contributed by atoms with E-state index in [1.165, 1.54) is 18.4 Å². The minimum atomic E-state index is -0.459. The van der Waals surface area contributed by atoms with Crippen LogP contribution in [0.4, 0.5) is 0 Å².